The molecular formula is C17H10F3NO5. The lowest BCUT2D eigenvalue weighted by atomic mass is 10.0. The van der Waals surface area contributed by atoms with Crippen LogP contribution in [-0.4, -0.2) is 17.3 Å². The molecule has 0 atom stereocenters. The fraction of sp³-hybridized carbons (Fsp3) is 0.118. The summed E-state index contributed by atoms with van der Waals surface area (Å²) in [6.07, 6.45) is -3.32. The summed E-state index contributed by atoms with van der Waals surface area (Å²) in [6, 6.07) is 7.47. The first kappa shape index (κ1) is 17.5. The Balaban J connectivity index is 1.95. The summed E-state index contributed by atoms with van der Waals surface area (Å²) in [4.78, 5) is 22.1. The quantitative estimate of drug-likeness (QED) is 0.456. The Kier molecular flexibility index (Phi) is 4.15. The number of rotatable bonds is 3. The van der Waals surface area contributed by atoms with Gasteiger partial charge in [0.15, 0.2) is 0 Å². The lowest BCUT2D eigenvalue weighted by Gasteiger charge is -2.10. The zero-order chi connectivity index (χ0) is 19.1. The number of nitro benzene ring substituents is 1. The molecule has 0 amide bonds. The molecule has 2 aromatic rings. The van der Waals surface area contributed by atoms with Crippen molar-refractivity contribution in [2.24, 2.45) is 0 Å². The average Bonchev–Trinajstić information content (AvgIpc) is 2.84. The number of nitro groups is 1. The number of ether oxygens (including phenoxy) is 2. The van der Waals surface area contributed by atoms with Gasteiger partial charge in [0.1, 0.15) is 11.5 Å². The van der Waals surface area contributed by atoms with Crippen molar-refractivity contribution in [1.82, 2.24) is 0 Å². The molecule has 0 unspecified atom stereocenters. The third-order valence-electron chi connectivity index (χ3n) is 3.66. The third-order valence-corrected chi connectivity index (χ3v) is 3.66. The van der Waals surface area contributed by atoms with Gasteiger partial charge < -0.3 is 9.47 Å². The van der Waals surface area contributed by atoms with Crippen molar-refractivity contribution in [2.45, 2.75) is 13.3 Å². The number of alkyl halides is 3. The van der Waals surface area contributed by atoms with E-state index in [9.17, 15) is 28.1 Å². The van der Waals surface area contributed by atoms with Gasteiger partial charge in [0.2, 0.25) is 0 Å². The zero-order valence-corrected chi connectivity index (χ0v) is 13.2. The van der Waals surface area contributed by atoms with Gasteiger partial charge in [-0.3, -0.25) is 10.1 Å². The summed E-state index contributed by atoms with van der Waals surface area (Å²) in [6.45, 7) is 1.57. The van der Waals surface area contributed by atoms with Crippen molar-refractivity contribution < 1.29 is 32.4 Å². The van der Waals surface area contributed by atoms with Crippen molar-refractivity contribution in [3.63, 3.8) is 0 Å². The van der Waals surface area contributed by atoms with Crippen LogP contribution in [0.1, 0.15) is 27.0 Å². The van der Waals surface area contributed by atoms with Crippen molar-refractivity contribution in [3.05, 3.63) is 68.8 Å². The van der Waals surface area contributed by atoms with Crippen molar-refractivity contribution in [3.8, 4) is 5.75 Å². The maximum absolute atomic E-state index is 12.3. The molecule has 6 nitrogen and oxygen atoms in total. The third kappa shape index (κ3) is 3.51. The van der Waals surface area contributed by atoms with Gasteiger partial charge in [-0.15, -0.1) is 13.2 Å². The van der Waals surface area contributed by atoms with E-state index in [0.29, 0.717) is 16.7 Å². The number of hydrogen-bond donors (Lipinski definition) is 0. The molecule has 0 N–H and O–H groups in total. The summed E-state index contributed by atoms with van der Waals surface area (Å²) >= 11 is 0. The second-order valence-electron chi connectivity index (χ2n) is 5.45. The molecule has 2 aromatic carbocycles. The molecule has 1 aliphatic rings. The minimum absolute atomic E-state index is 0.0557. The van der Waals surface area contributed by atoms with Crippen LogP contribution in [0.25, 0.3) is 11.8 Å². The van der Waals surface area contributed by atoms with Crippen LogP contribution in [-0.2, 0) is 4.74 Å². The minimum Gasteiger partial charge on any atom is -0.422 e. The van der Waals surface area contributed by atoms with E-state index < -0.39 is 17.3 Å². The lowest BCUT2D eigenvalue weighted by molar-refractivity contribution is -0.384. The number of cyclic esters (lactones) is 1. The number of carbonyl (C=O) groups is 1. The number of fused-ring (bicyclic) bond motifs is 1. The van der Waals surface area contributed by atoms with Gasteiger partial charge in [0, 0.05) is 17.7 Å². The highest BCUT2D eigenvalue weighted by molar-refractivity contribution is 6.06. The summed E-state index contributed by atoms with van der Waals surface area (Å²) < 4.78 is 45.7. The molecule has 3 rings (SSSR count). The van der Waals surface area contributed by atoms with E-state index in [4.69, 9.17) is 4.74 Å². The number of carbonyl (C=O) groups excluding carboxylic acids is 1. The Morgan fingerprint density at radius 3 is 2.50 bits per heavy atom. The fourth-order valence-electron chi connectivity index (χ4n) is 2.50. The number of hydrogen-bond acceptors (Lipinski definition) is 5. The second kappa shape index (κ2) is 6.17. The minimum atomic E-state index is -4.79. The molecule has 0 saturated carbocycles. The van der Waals surface area contributed by atoms with E-state index in [-0.39, 0.29) is 22.8 Å². The van der Waals surface area contributed by atoms with E-state index in [2.05, 4.69) is 4.74 Å². The maximum Gasteiger partial charge on any atom is 0.573 e. The largest absolute Gasteiger partial charge is 0.573 e. The van der Waals surface area contributed by atoms with Crippen LogP contribution >= 0.6 is 0 Å². The van der Waals surface area contributed by atoms with Crippen LogP contribution in [0, 0.1) is 17.0 Å². The first-order valence-corrected chi connectivity index (χ1v) is 7.23. The summed E-state index contributed by atoms with van der Waals surface area (Å²) in [5, 5.41) is 10.8. The van der Waals surface area contributed by atoms with Crippen molar-refractivity contribution in [1.29, 1.82) is 0 Å². The standard InChI is InChI=1S/C17H10F3NO5/c1-9-6-12(26-17(18,19)20)4-2-10(9)7-15-13-5-3-11(21(23)24)8-14(13)16(22)25-15/h2-8H,1H3/b15-7+. The van der Waals surface area contributed by atoms with Crippen molar-refractivity contribution >= 4 is 23.5 Å². The molecule has 9 heteroatoms. The van der Waals surface area contributed by atoms with Gasteiger partial charge in [0.05, 0.1) is 10.5 Å². The number of halogens is 3. The first-order chi connectivity index (χ1) is 12.1. The SMILES string of the molecule is Cc1cc(OC(F)(F)F)ccc1/C=C1/OC(=O)c2cc([N+](=O)[O-])ccc21. The van der Waals surface area contributed by atoms with Crippen LogP contribution in [0.5, 0.6) is 5.75 Å². The van der Waals surface area contributed by atoms with Gasteiger partial charge in [0.25, 0.3) is 5.69 Å². The molecule has 0 radical (unpaired) electrons. The molecule has 1 aliphatic heterocycles. The zero-order valence-electron chi connectivity index (χ0n) is 13.2. The Morgan fingerprint density at radius 1 is 1.15 bits per heavy atom. The highest BCUT2D eigenvalue weighted by atomic mass is 19.4. The molecule has 1 heterocycles. The molecule has 26 heavy (non-hydrogen) atoms. The Morgan fingerprint density at radius 2 is 1.88 bits per heavy atom. The predicted octanol–water partition coefficient (Wildman–Crippen LogP) is 4.47. The van der Waals surface area contributed by atoms with Crippen LogP contribution in [0.15, 0.2) is 36.4 Å². The van der Waals surface area contributed by atoms with Crippen LogP contribution < -0.4 is 4.74 Å². The van der Waals surface area contributed by atoms with E-state index in [1.54, 1.807) is 6.92 Å². The first-order valence-electron chi connectivity index (χ1n) is 7.23. The molecule has 0 bridgehead atoms. The van der Waals surface area contributed by atoms with Gasteiger partial charge >= 0.3 is 12.3 Å². The van der Waals surface area contributed by atoms with Crippen LogP contribution in [0.2, 0.25) is 0 Å². The number of esters is 1. The van der Waals surface area contributed by atoms with Gasteiger partial charge in [-0.25, -0.2) is 4.79 Å². The number of nitrogens with zero attached hydrogens (tertiary/aromatic N) is 1. The summed E-state index contributed by atoms with van der Waals surface area (Å²) in [7, 11) is 0. The number of aryl methyl sites for hydroxylation is 1. The van der Waals surface area contributed by atoms with Crippen molar-refractivity contribution in [2.75, 3.05) is 0 Å². The molecule has 0 saturated heterocycles. The topological polar surface area (TPSA) is 78.7 Å². The number of benzene rings is 2. The Bertz CT molecular complexity index is 950. The van der Waals surface area contributed by atoms with Gasteiger partial charge in [-0.2, -0.15) is 0 Å². The average molecular weight is 365 g/mol. The highest BCUT2D eigenvalue weighted by Crippen LogP contribution is 2.34. The normalized spacial score (nSPS) is 14.9. The van der Waals surface area contributed by atoms with E-state index >= 15 is 0 Å². The molecular weight excluding hydrogens is 355 g/mol. The summed E-state index contributed by atoms with van der Waals surface area (Å²) in [5.41, 5.74) is 1.15. The molecule has 0 fully saturated rings. The van der Waals surface area contributed by atoms with E-state index in [0.717, 1.165) is 12.1 Å². The Hall–Kier alpha value is -3.36. The monoisotopic (exact) mass is 365 g/mol. The highest BCUT2D eigenvalue weighted by Gasteiger charge is 2.31. The Labute approximate surface area is 144 Å². The van der Waals surface area contributed by atoms with E-state index in [1.807, 2.05) is 0 Å². The lowest BCUT2D eigenvalue weighted by Crippen LogP contribution is -2.17. The second-order valence-corrected chi connectivity index (χ2v) is 5.45. The molecule has 0 aromatic heterocycles. The fourth-order valence-corrected chi connectivity index (χ4v) is 2.50. The summed E-state index contributed by atoms with van der Waals surface area (Å²) in [5.74, 6) is -0.936. The van der Waals surface area contributed by atoms with Gasteiger partial charge in [-0.05, 0) is 42.3 Å². The van der Waals surface area contributed by atoms with E-state index in [1.165, 1.54) is 30.3 Å². The number of non-ortho nitro benzene ring substituents is 1. The van der Waals surface area contributed by atoms with Crippen LogP contribution in [0.3, 0.4) is 0 Å². The molecule has 134 valence electrons. The molecule has 0 spiro atoms. The van der Waals surface area contributed by atoms with Crippen LogP contribution in [0.4, 0.5) is 18.9 Å². The van der Waals surface area contributed by atoms with Gasteiger partial charge in [-0.1, -0.05) is 6.07 Å². The smallest absolute Gasteiger partial charge is 0.422 e. The maximum atomic E-state index is 12.3. The molecule has 0 aliphatic carbocycles. The predicted molar refractivity (Wildman–Crippen MR) is 84.2 cm³/mol.